The number of ether oxygens (including phenoxy) is 1. The molecule has 0 aromatic heterocycles. The average Bonchev–Trinajstić information content (AvgIpc) is 1.98. The second-order valence-corrected chi connectivity index (χ2v) is 5.18. The minimum absolute atomic E-state index is 0.0955. The summed E-state index contributed by atoms with van der Waals surface area (Å²) in [5, 5.41) is 8.87. The molecule has 1 fully saturated rings. The molecule has 0 aromatic carbocycles. The fraction of sp³-hybridized carbons (Fsp3) is 0.909. The van der Waals surface area contributed by atoms with E-state index in [1.54, 1.807) is 7.11 Å². The standard InChI is InChI=1S/C11H21NO3/c1-11(2,3)12(7-10(13)14)8-5-9(6-8)15-4/h8-9H,5-7H2,1-4H3,(H,13,14). The van der Waals surface area contributed by atoms with Gasteiger partial charge in [-0.2, -0.15) is 0 Å². The van der Waals surface area contributed by atoms with Gasteiger partial charge in [-0.15, -0.1) is 0 Å². The quantitative estimate of drug-likeness (QED) is 0.769. The molecule has 0 atom stereocenters. The lowest BCUT2D eigenvalue weighted by Crippen LogP contribution is -2.56. The number of carboxylic acid groups (broad SMARTS) is 1. The van der Waals surface area contributed by atoms with Gasteiger partial charge in [0, 0.05) is 18.7 Å². The van der Waals surface area contributed by atoms with Crippen LogP contribution in [0.2, 0.25) is 0 Å². The Bertz CT molecular complexity index is 228. The summed E-state index contributed by atoms with van der Waals surface area (Å²) in [7, 11) is 1.71. The van der Waals surface area contributed by atoms with Crippen molar-refractivity contribution in [2.45, 2.75) is 51.3 Å². The number of aliphatic carboxylic acids is 1. The number of carboxylic acids is 1. The Morgan fingerprint density at radius 3 is 2.33 bits per heavy atom. The van der Waals surface area contributed by atoms with Crippen LogP contribution in [0.25, 0.3) is 0 Å². The molecule has 0 unspecified atom stereocenters. The van der Waals surface area contributed by atoms with E-state index in [0.29, 0.717) is 12.1 Å². The Balaban J connectivity index is 2.55. The number of carbonyl (C=O) groups is 1. The molecule has 0 spiro atoms. The van der Waals surface area contributed by atoms with Crippen LogP contribution in [0.4, 0.5) is 0 Å². The van der Waals surface area contributed by atoms with Gasteiger partial charge in [0.1, 0.15) is 0 Å². The zero-order chi connectivity index (χ0) is 11.6. The summed E-state index contributed by atoms with van der Waals surface area (Å²) in [6, 6.07) is 0.353. The Morgan fingerprint density at radius 1 is 1.47 bits per heavy atom. The summed E-state index contributed by atoms with van der Waals surface area (Å²) in [5.74, 6) is -0.759. The maximum atomic E-state index is 10.8. The molecule has 0 heterocycles. The highest BCUT2D eigenvalue weighted by Crippen LogP contribution is 2.32. The fourth-order valence-electron chi connectivity index (χ4n) is 2.04. The molecule has 0 amide bonds. The van der Waals surface area contributed by atoms with Gasteiger partial charge >= 0.3 is 5.97 Å². The van der Waals surface area contributed by atoms with E-state index in [1.165, 1.54) is 0 Å². The highest BCUT2D eigenvalue weighted by Gasteiger charge is 2.39. The summed E-state index contributed by atoms with van der Waals surface area (Å²) in [5.41, 5.74) is -0.0955. The monoisotopic (exact) mass is 215 g/mol. The molecule has 4 nitrogen and oxygen atoms in total. The first-order chi connectivity index (χ1) is 6.84. The lowest BCUT2D eigenvalue weighted by atomic mass is 9.85. The van der Waals surface area contributed by atoms with Crippen molar-refractivity contribution < 1.29 is 14.6 Å². The smallest absolute Gasteiger partial charge is 0.317 e. The van der Waals surface area contributed by atoms with Crippen LogP contribution in [0.15, 0.2) is 0 Å². The molecule has 1 rings (SSSR count). The predicted molar refractivity (Wildman–Crippen MR) is 57.9 cm³/mol. The van der Waals surface area contributed by atoms with E-state index in [0.717, 1.165) is 12.8 Å². The maximum absolute atomic E-state index is 10.8. The minimum Gasteiger partial charge on any atom is -0.480 e. The first-order valence-electron chi connectivity index (χ1n) is 5.36. The predicted octanol–water partition coefficient (Wildman–Crippen LogP) is 1.35. The molecule has 0 aromatic rings. The van der Waals surface area contributed by atoms with Crippen molar-refractivity contribution >= 4 is 5.97 Å². The van der Waals surface area contributed by atoms with Crippen LogP contribution in [0, 0.1) is 0 Å². The summed E-state index contributed by atoms with van der Waals surface area (Å²) >= 11 is 0. The van der Waals surface area contributed by atoms with Crippen molar-refractivity contribution in [3.8, 4) is 0 Å². The molecule has 88 valence electrons. The molecule has 15 heavy (non-hydrogen) atoms. The Hall–Kier alpha value is -0.610. The SMILES string of the molecule is COC1CC(N(CC(=O)O)C(C)(C)C)C1. The molecule has 0 aliphatic heterocycles. The van der Waals surface area contributed by atoms with E-state index in [2.05, 4.69) is 20.8 Å². The summed E-state index contributed by atoms with van der Waals surface area (Å²) < 4.78 is 5.21. The van der Waals surface area contributed by atoms with E-state index in [4.69, 9.17) is 9.84 Å². The van der Waals surface area contributed by atoms with Crippen LogP contribution >= 0.6 is 0 Å². The van der Waals surface area contributed by atoms with Crippen LogP contribution < -0.4 is 0 Å². The van der Waals surface area contributed by atoms with Crippen molar-refractivity contribution in [1.29, 1.82) is 0 Å². The molecule has 0 bridgehead atoms. The largest absolute Gasteiger partial charge is 0.480 e. The van der Waals surface area contributed by atoms with E-state index < -0.39 is 5.97 Å². The van der Waals surface area contributed by atoms with Gasteiger partial charge in [-0.1, -0.05) is 0 Å². The van der Waals surface area contributed by atoms with Gasteiger partial charge in [0.15, 0.2) is 0 Å². The third-order valence-electron chi connectivity index (χ3n) is 3.01. The van der Waals surface area contributed by atoms with Crippen LogP contribution in [0.5, 0.6) is 0 Å². The Kier molecular flexibility index (Phi) is 3.73. The number of methoxy groups -OCH3 is 1. The van der Waals surface area contributed by atoms with Gasteiger partial charge < -0.3 is 9.84 Å². The second kappa shape index (κ2) is 4.49. The number of rotatable bonds is 4. The topological polar surface area (TPSA) is 49.8 Å². The average molecular weight is 215 g/mol. The van der Waals surface area contributed by atoms with E-state index in [-0.39, 0.29) is 12.1 Å². The molecular formula is C11H21NO3. The van der Waals surface area contributed by atoms with Gasteiger partial charge in [-0.05, 0) is 33.6 Å². The molecular weight excluding hydrogens is 194 g/mol. The molecule has 1 saturated carbocycles. The molecule has 0 saturated heterocycles. The van der Waals surface area contributed by atoms with Gasteiger partial charge in [0.05, 0.1) is 12.6 Å². The third-order valence-corrected chi connectivity index (χ3v) is 3.01. The van der Waals surface area contributed by atoms with E-state index in [1.807, 2.05) is 4.90 Å². The first kappa shape index (κ1) is 12.5. The lowest BCUT2D eigenvalue weighted by molar-refractivity contribution is -0.143. The Morgan fingerprint density at radius 2 is 2.00 bits per heavy atom. The molecule has 4 heteroatoms. The number of hydrogen-bond donors (Lipinski definition) is 1. The van der Waals surface area contributed by atoms with Crippen LogP contribution in [0.3, 0.4) is 0 Å². The lowest BCUT2D eigenvalue weighted by Gasteiger charge is -2.47. The molecule has 1 aliphatic carbocycles. The Labute approximate surface area is 91.2 Å². The molecule has 1 N–H and O–H groups in total. The van der Waals surface area contributed by atoms with E-state index in [9.17, 15) is 4.79 Å². The molecule has 1 aliphatic rings. The highest BCUT2D eigenvalue weighted by atomic mass is 16.5. The van der Waals surface area contributed by atoms with Crippen molar-refractivity contribution in [3.63, 3.8) is 0 Å². The fourth-order valence-corrected chi connectivity index (χ4v) is 2.04. The van der Waals surface area contributed by atoms with Gasteiger partial charge in [0.25, 0.3) is 0 Å². The second-order valence-electron chi connectivity index (χ2n) is 5.18. The van der Waals surface area contributed by atoms with Crippen molar-refractivity contribution in [2.75, 3.05) is 13.7 Å². The van der Waals surface area contributed by atoms with Crippen molar-refractivity contribution in [2.24, 2.45) is 0 Å². The highest BCUT2D eigenvalue weighted by molar-refractivity contribution is 5.69. The number of hydrogen-bond acceptors (Lipinski definition) is 3. The van der Waals surface area contributed by atoms with Gasteiger partial charge in [-0.3, -0.25) is 9.69 Å². The van der Waals surface area contributed by atoms with Crippen LogP contribution in [-0.4, -0.2) is 47.3 Å². The summed E-state index contributed by atoms with van der Waals surface area (Å²) in [6.07, 6.45) is 2.20. The zero-order valence-electron chi connectivity index (χ0n) is 9.99. The third kappa shape index (κ3) is 3.18. The van der Waals surface area contributed by atoms with Gasteiger partial charge in [-0.25, -0.2) is 0 Å². The molecule has 0 radical (unpaired) electrons. The van der Waals surface area contributed by atoms with E-state index >= 15 is 0 Å². The number of nitrogens with zero attached hydrogens (tertiary/aromatic N) is 1. The van der Waals surface area contributed by atoms with Crippen molar-refractivity contribution in [1.82, 2.24) is 4.90 Å². The summed E-state index contributed by atoms with van der Waals surface area (Å²) in [6.45, 7) is 6.27. The minimum atomic E-state index is -0.759. The van der Waals surface area contributed by atoms with Crippen LogP contribution in [-0.2, 0) is 9.53 Å². The van der Waals surface area contributed by atoms with Crippen molar-refractivity contribution in [3.05, 3.63) is 0 Å². The first-order valence-corrected chi connectivity index (χ1v) is 5.36. The maximum Gasteiger partial charge on any atom is 0.317 e. The summed E-state index contributed by atoms with van der Waals surface area (Å²) in [4.78, 5) is 12.8. The normalized spacial score (nSPS) is 26.5. The van der Waals surface area contributed by atoms with Crippen LogP contribution in [0.1, 0.15) is 33.6 Å². The zero-order valence-corrected chi connectivity index (χ0v) is 9.99. The van der Waals surface area contributed by atoms with Gasteiger partial charge in [0.2, 0.25) is 0 Å².